The first-order chi connectivity index (χ1) is 17.7. The Balaban J connectivity index is 1.65. The third-order valence-corrected chi connectivity index (χ3v) is 10.6. The zero-order chi connectivity index (χ0) is 26.5. The molecule has 8 heteroatoms. The molecule has 7 nitrogen and oxygen atoms in total. The fraction of sp³-hybridized carbons (Fsp3) is 0.552. The number of nitrogens with zero attached hydrogens (tertiary/aromatic N) is 3. The first kappa shape index (κ1) is 26.0. The highest BCUT2D eigenvalue weighted by Crippen LogP contribution is 2.66. The van der Waals surface area contributed by atoms with Crippen molar-refractivity contribution in [3.63, 3.8) is 0 Å². The van der Waals surface area contributed by atoms with Crippen LogP contribution in [0.2, 0.25) is 0 Å². The summed E-state index contributed by atoms with van der Waals surface area (Å²) in [6, 6.07) is 8.56. The van der Waals surface area contributed by atoms with Gasteiger partial charge in [-0.2, -0.15) is 0 Å². The van der Waals surface area contributed by atoms with Crippen LogP contribution in [0.5, 0.6) is 0 Å². The summed E-state index contributed by atoms with van der Waals surface area (Å²) in [7, 11) is 1.77. The monoisotopic (exact) mass is 523 g/mol. The van der Waals surface area contributed by atoms with Gasteiger partial charge in [0.15, 0.2) is 0 Å². The number of benzene rings is 1. The van der Waals surface area contributed by atoms with Crippen LogP contribution in [0.4, 0.5) is 0 Å². The van der Waals surface area contributed by atoms with E-state index < -0.39 is 33.4 Å². The SMILES string of the molecule is CC[C@H](C)[C@H](CO)N1C(=O)[C@@H]2[C@H]3C(=O)N(C)CC=C[C@@]3(C)S[C@@]23C=CCN(Cc2ccccc2)C(=O)C13. The Morgan fingerprint density at radius 3 is 2.41 bits per heavy atom. The molecule has 4 heterocycles. The summed E-state index contributed by atoms with van der Waals surface area (Å²) >= 11 is 1.59. The van der Waals surface area contributed by atoms with Gasteiger partial charge in [-0.1, -0.05) is 74.9 Å². The van der Waals surface area contributed by atoms with E-state index in [0.717, 1.165) is 12.0 Å². The standard InChI is InChI=1S/C29H37N3O4S/c1-5-19(2)21(18-33)32-24-27(36)31(17-20-11-7-6-8-12-20)16-10-14-29(24)23(26(32)35)22-25(34)30(4)15-9-13-28(22,3)37-29/h6-14,19,21-24,33H,5,15-18H2,1-4H3/t19-,21-,22-,23-,24?,28+,29-/m0/s1. The van der Waals surface area contributed by atoms with Crippen molar-refractivity contribution in [2.24, 2.45) is 17.8 Å². The molecule has 0 aromatic heterocycles. The highest BCUT2D eigenvalue weighted by molar-refractivity contribution is 8.02. The molecule has 0 radical (unpaired) electrons. The number of rotatable bonds is 6. The number of thioether (sulfide) groups is 1. The van der Waals surface area contributed by atoms with Gasteiger partial charge in [-0.25, -0.2) is 0 Å². The molecule has 2 saturated heterocycles. The van der Waals surface area contributed by atoms with Crippen molar-refractivity contribution >= 4 is 29.5 Å². The number of carbonyl (C=O) groups excluding carboxylic acids is 3. The molecule has 0 bridgehead atoms. The minimum Gasteiger partial charge on any atom is -0.394 e. The average Bonchev–Trinajstić information content (AvgIpc) is 3.17. The van der Waals surface area contributed by atoms with E-state index in [1.54, 1.807) is 33.5 Å². The van der Waals surface area contributed by atoms with Gasteiger partial charge in [0.05, 0.1) is 29.2 Å². The number of fused-ring (bicyclic) bond motifs is 2. The molecule has 7 atom stereocenters. The zero-order valence-corrected chi connectivity index (χ0v) is 22.9. The molecule has 1 unspecified atom stereocenters. The van der Waals surface area contributed by atoms with Gasteiger partial charge in [0.25, 0.3) is 0 Å². The van der Waals surface area contributed by atoms with Gasteiger partial charge in [0, 0.05) is 31.4 Å². The molecule has 1 spiro atoms. The molecule has 198 valence electrons. The van der Waals surface area contributed by atoms with Crippen LogP contribution in [0.3, 0.4) is 0 Å². The lowest BCUT2D eigenvalue weighted by molar-refractivity contribution is -0.148. The van der Waals surface area contributed by atoms with Gasteiger partial charge in [0.1, 0.15) is 6.04 Å². The van der Waals surface area contributed by atoms with Crippen LogP contribution in [0.25, 0.3) is 0 Å². The number of amides is 3. The fourth-order valence-corrected chi connectivity index (χ4v) is 8.89. The number of carbonyl (C=O) groups is 3. The van der Waals surface area contributed by atoms with E-state index in [2.05, 4.69) is 6.08 Å². The van der Waals surface area contributed by atoms with Gasteiger partial charge in [-0.3, -0.25) is 14.4 Å². The van der Waals surface area contributed by atoms with Crippen LogP contribution >= 0.6 is 11.8 Å². The van der Waals surface area contributed by atoms with Crippen LogP contribution in [0, 0.1) is 17.8 Å². The molecule has 4 aliphatic rings. The normalized spacial score (nSPS) is 34.7. The predicted octanol–water partition coefficient (Wildman–Crippen LogP) is 2.71. The molecule has 1 N–H and O–H groups in total. The first-order valence-electron chi connectivity index (χ1n) is 13.2. The molecule has 3 amide bonds. The molecule has 1 aromatic rings. The van der Waals surface area contributed by atoms with Gasteiger partial charge in [-0.05, 0) is 18.4 Å². The van der Waals surface area contributed by atoms with Crippen LogP contribution in [0.1, 0.15) is 32.8 Å². The molecule has 1 aromatic carbocycles. The van der Waals surface area contributed by atoms with Crippen molar-refractivity contribution in [2.75, 3.05) is 26.7 Å². The smallest absolute Gasteiger partial charge is 0.247 e. The van der Waals surface area contributed by atoms with Crippen LogP contribution in [0.15, 0.2) is 54.6 Å². The molecule has 37 heavy (non-hydrogen) atoms. The van der Waals surface area contributed by atoms with Crippen LogP contribution in [-0.2, 0) is 20.9 Å². The molecule has 0 saturated carbocycles. The van der Waals surface area contributed by atoms with E-state index >= 15 is 0 Å². The highest BCUT2D eigenvalue weighted by atomic mass is 32.2. The number of likely N-dealkylation sites (N-methyl/N-ethyl adjacent to an activating group) is 1. The van der Waals surface area contributed by atoms with E-state index in [1.165, 1.54) is 0 Å². The van der Waals surface area contributed by atoms with Crippen molar-refractivity contribution in [3.8, 4) is 0 Å². The average molecular weight is 524 g/mol. The number of hydrogen-bond acceptors (Lipinski definition) is 5. The summed E-state index contributed by atoms with van der Waals surface area (Å²) in [4.78, 5) is 47.8. The largest absolute Gasteiger partial charge is 0.394 e. The second kappa shape index (κ2) is 9.62. The predicted molar refractivity (Wildman–Crippen MR) is 144 cm³/mol. The quantitative estimate of drug-likeness (QED) is 0.580. The number of likely N-dealkylation sites (tertiary alicyclic amines) is 1. The molecule has 2 fully saturated rings. The van der Waals surface area contributed by atoms with Crippen molar-refractivity contribution in [1.29, 1.82) is 0 Å². The maximum Gasteiger partial charge on any atom is 0.247 e. The van der Waals surface area contributed by atoms with E-state index in [9.17, 15) is 19.5 Å². The maximum atomic E-state index is 14.5. The van der Waals surface area contributed by atoms with Gasteiger partial charge < -0.3 is 19.8 Å². The topological polar surface area (TPSA) is 81.2 Å². The minimum atomic E-state index is -0.891. The van der Waals surface area contributed by atoms with E-state index in [4.69, 9.17) is 0 Å². The Hall–Kier alpha value is -2.58. The second-order valence-electron chi connectivity index (χ2n) is 11.1. The van der Waals surface area contributed by atoms with Crippen molar-refractivity contribution in [3.05, 3.63) is 60.2 Å². The third-order valence-electron chi connectivity index (χ3n) is 8.84. The Morgan fingerprint density at radius 1 is 1.03 bits per heavy atom. The van der Waals surface area contributed by atoms with Gasteiger partial charge in [0.2, 0.25) is 17.7 Å². The van der Waals surface area contributed by atoms with E-state index in [1.807, 2.05) is 69.3 Å². The lowest BCUT2D eigenvalue weighted by Gasteiger charge is -2.41. The summed E-state index contributed by atoms with van der Waals surface area (Å²) < 4.78 is -1.51. The summed E-state index contributed by atoms with van der Waals surface area (Å²) in [6.07, 6.45) is 8.87. The number of hydrogen-bond donors (Lipinski definition) is 1. The van der Waals surface area contributed by atoms with Crippen LogP contribution in [-0.4, -0.2) is 85.8 Å². The highest BCUT2D eigenvalue weighted by Gasteiger charge is 2.74. The number of aliphatic hydroxyl groups is 1. The van der Waals surface area contributed by atoms with E-state index in [0.29, 0.717) is 19.6 Å². The minimum absolute atomic E-state index is 0.00350. The van der Waals surface area contributed by atoms with Crippen LogP contribution < -0.4 is 0 Å². The molecule has 0 aliphatic carbocycles. The Morgan fingerprint density at radius 2 is 1.73 bits per heavy atom. The Kier molecular flexibility index (Phi) is 6.77. The maximum absolute atomic E-state index is 14.5. The molecule has 5 rings (SSSR count). The fourth-order valence-electron chi connectivity index (χ4n) is 6.75. The Bertz CT molecular complexity index is 1140. The van der Waals surface area contributed by atoms with Gasteiger partial charge in [-0.15, -0.1) is 11.8 Å². The lowest BCUT2D eigenvalue weighted by Crippen LogP contribution is -2.58. The summed E-state index contributed by atoms with van der Waals surface area (Å²) in [6.45, 7) is 7.21. The zero-order valence-electron chi connectivity index (χ0n) is 22.0. The third kappa shape index (κ3) is 3.95. The Labute approximate surface area is 223 Å². The molecule has 4 aliphatic heterocycles. The second-order valence-corrected chi connectivity index (χ2v) is 12.9. The lowest BCUT2D eigenvalue weighted by atomic mass is 9.74. The van der Waals surface area contributed by atoms with Gasteiger partial charge >= 0.3 is 0 Å². The van der Waals surface area contributed by atoms with Crippen molar-refractivity contribution in [2.45, 2.75) is 55.3 Å². The molecular formula is C29H37N3O4S. The summed E-state index contributed by atoms with van der Waals surface area (Å²) in [5.74, 6) is -1.65. The van der Waals surface area contributed by atoms with E-state index in [-0.39, 0.29) is 30.2 Å². The first-order valence-corrected chi connectivity index (χ1v) is 14.1. The summed E-state index contributed by atoms with van der Waals surface area (Å²) in [5, 5.41) is 10.5. The molecular weight excluding hydrogens is 486 g/mol. The number of aliphatic hydroxyl groups excluding tert-OH is 1. The summed E-state index contributed by atoms with van der Waals surface area (Å²) in [5.41, 5.74) is 1.02. The van der Waals surface area contributed by atoms with Crippen molar-refractivity contribution in [1.82, 2.24) is 14.7 Å². The van der Waals surface area contributed by atoms with Crippen molar-refractivity contribution < 1.29 is 19.5 Å².